The number of rotatable bonds is 5. The first kappa shape index (κ1) is 16.8. The van der Waals surface area contributed by atoms with Crippen LogP contribution in [-0.4, -0.2) is 5.97 Å². The van der Waals surface area contributed by atoms with E-state index in [9.17, 15) is 10.1 Å². The number of benzene rings is 2. The van der Waals surface area contributed by atoms with Gasteiger partial charge in [-0.25, -0.2) is 0 Å². The number of allylic oxidation sites excluding steroid dienone is 1. The summed E-state index contributed by atoms with van der Waals surface area (Å²) in [5, 5.41) is 9.98. The average molecular weight is 326 g/mol. The highest BCUT2D eigenvalue weighted by Crippen LogP contribution is 2.22. The van der Waals surface area contributed by atoms with Crippen LogP contribution in [0.25, 0.3) is 11.6 Å². The highest BCUT2D eigenvalue weighted by Gasteiger charge is 2.05. The zero-order valence-corrected chi connectivity index (χ0v) is 13.5. The van der Waals surface area contributed by atoms with Crippen molar-refractivity contribution in [3.05, 3.63) is 64.7 Å². The van der Waals surface area contributed by atoms with Gasteiger partial charge in [0.2, 0.25) is 0 Å². The smallest absolute Gasteiger partial charge is 0.311 e. The molecular weight excluding hydrogens is 310 g/mol. The highest BCUT2D eigenvalue weighted by atomic mass is 35.5. The molecule has 0 bridgehead atoms. The Morgan fingerprint density at radius 1 is 1.26 bits per heavy atom. The maximum atomic E-state index is 11.6. The second-order valence-corrected chi connectivity index (χ2v) is 5.41. The maximum Gasteiger partial charge on any atom is 0.311 e. The number of nitriles is 1. The van der Waals surface area contributed by atoms with E-state index in [0.29, 0.717) is 22.8 Å². The average Bonchev–Trinajstić information content (AvgIpc) is 2.54. The zero-order chi connectivity index (χ0) is 16.7. The molecule has 0 atom stereocenters. The fraction of sp³-hybridized carbons (Fsp3) is 0.158. The molecule has 0 N–H and O–H groups in total. The summed E-state index contributed by atoms with van der Waals surface area (Å²) < 4.78 is 5.26. The van der Waals surface area contributed by atoms with Crippen molar-refractivity contribution in [1.82, 2.24) is 0 Å². The van der Waals surface area contributed by atoms with Gasteiger partial charge in [0.1, 0.15) is 5.75 Å². The minimum Gasteiger partial charge on any atom is -0.427 e. The van der Waals surface area contributed by atoms with Crippen LogP contribution < -0.4 is 4.74 Å². The van der Waals surface area contributed by atoms with Crippen LogP contribution in [0, 0.1) is 11.3 Å². The lowest BCUT2D eigenvalue weighted by molar-refractivity contribution is -0.134. The number of carbonyl (C=O) groups excluding carboxylic acids is 1. The number of hydrogen-bond donors (Lipinski definition) is 0. The molecule has 0 aromatic heterocycles. The van der Waals surface area contributed by atoms with Gasteiger partial charge >= 0.3 is 5.97 Å². The van der Waals surface area contributed by atoms with Crippen molar-refractivity contribution in [2.45, 2.75) is 19.8 Å². The number of hydrogen-bond acceptors (Lipinski definition) is 3. The maximum absolute atomic E-state index is 11.6. The van der Waals surface area contributed by atoms with Gasteiger partial charge in [-0.15, -0.1) is 0 Å². The van der Waals surface area contributed by atoms with E-state index < -0.39 is 0 Å². The van der Waals surface area contributed by atoms with Crippen molar-refractivity contribution in [3.63, 3.8) is 0 Å². The fourth-order valence-corrected chi connectivity index (χ4v) is 2.16. The lowest BCUT2D eigenvalue weighted by Crippen LogP contribution is -2.06. The molecule has 0 aliphatic carbocycles. The molecule has 23 heavy (non-hydrogen) atoms. The van der Waals surface area contributed by atoms with Gasteiger partial charge in [0.05, 0.1) is 11.6 Å². The van der Waals surface area contributed by atoms with Crippen LogP contribution in [0.2, 0.25) is 5.02 Å². The van der Waals surface area contributed by atoms with Gasteiger partial charge < -0.3 is 4.74 Å². The van der Waals surface area contributed by atoms with E-state index >= 15 is 0 Å². The van der Waals surface area contributed by atoms with Gasteiger partial charge in [-0.05, 0) is 47.9 Å². The van der Waals surface area contributed by atoms with E-state index in [1.807, 2.05) is 13.0 Å². The molecule has 0 spiro atoms. The van der Waals surface area contributed by atoms with Gasteiger partial charge in [0, 0.05) is 11.4 Å². The summed E-state index contributed by atoms with van der Waals surface area (Å²) in [6.45, 7) is 1.92. The third kappa shape index (κ3) is 4.98. The molecule has 0 aliphatic rings. The highest BCUT2D eigenvalue weighted by molar-refractivity contribution is 6.30. The number of esters is 1. The van der Waals surface area contributed by atoms with E-state index in [1.165, 1.54) is 0 Å². The van der Waals surface area contributed by atoms with E-state index in [-0.39, 0.29) is 5.97 Å². The minimum atomic E-state index is -0.258. The van der Waals surface area contributed by atoms with Crippen molar-refractivity contribution in [2.24, 2.45) is 0 Å². The molecule has 0 unspecified atom stereocenters. The Kier molecular flexibility index (Phi) is 5.96. The number of ether oxygens (including phenoxy) is 1. The van der Waals surface area contributed by atoms with E-state index in [2.05, 4.69) is 6.07 Å². The van der Waals surface area contributed by atoms with Crippen LogP contribution in [0.5, 0.6) is 5.75 Å². The predicted molar refractivity (Wildman–Crippen MR) is 91.9 cm³/mol. The molecule has 0 saturated carbocycles. The Labute approximate surface area is 140 Å². The van der Waals surface area contributed by atoms with Crippen molar-refractivity contribution >= 4 is 29.2 Å². The summed E-state index contributed by atoms with van der Waals surface area (Å²) in [5.74, 6) is 0.220. The molecule has 0 aliphatic heterocycles. The molecule has 3 nitrogen and oxygen atoms in total. The summed E-state index contributed by atoms with van der Waals surface area (Å²) in [4.78, 5) is 11.6. The first-order chi connectivity index (χ1) is 11.1. The van der Waals surface area contributed by atoms with E-state index in [1.54, 1.807) is 48.5 Å². The first-order valence-corrected chi connectivity index (χ1v) is 7.68. The van der Waals surface area contributed by atoms with Crippen molar-refractivity contribution in [3.8, 4) is 11.8 Å². The van der Waals surface area contributed by atoms with Crippen LogP contribution in [0.4, 0.5) is 0 Å². The predicted octanol–water partition coefficient (Wildman–Crippen LogP) is 5.11. The molecule has 0 heterocycles. The molecule has 2 aromatic rings. The summed E-state index contributed by atoms with van der Waals surface area (Å²) >= 11 is 5.86. The van der Waals surface area contributed by atoms with E-state index in [0.717, 1.165) is 17.5 Å². The molecule has 116 valence electrons. The summed E-state index contributed by atoms with van der Waals surface area (Å²) in [5.41, 5.74) is 2.09. The zero-order valence-electron chi connectivity index (χ0n) is 12.8. The molecule has 4 heteroatoms. The Hall–Kier alpha value is -2.57. The van der Waals surface area contributed by atoms with Crippen molar-refractivity contribution < 1.29 is 9.53 Å². The second kappa shape index (κ2) is 8.17. The van der Waals surface area contributed by atoms with Gasteiger partial charge in [-0.3, -0.25) is 4.79 Å². The summed E-state index contributed by atoms with van der Waals surface area (Å²) in [6.07, 6.45) is 2.88. The molecule has 0 radical (unpaired) electrons. The Bertz CT molecular complexity index is 758. The van der Waals surface area contributed by atoms with Gasteiger partial charge in [0.15, 0.2) is 0 Å². The Morgan fingerprint density at radius 2 is 2.00 bits per heavy atom. The molecule has 2 rings (SSSR count). The normalized spacial score (nSPS) is 10.9. The molecule has 2 aromatic carbocycles. The largest absolute Gasteiger partial charge is 0.427 e. The van der Waals surface area contributed by atoms with E-state index in [4.69, 9.17) is 16.3 Å². The molecule has 0 fully saturated rings. The molecule has 0 saturated heterocycles. The van der Waals surface area contributed by atoms with Crippen molar-refractivity contribution in [1.29, 1.82) is 5.26 Å². The quantitative estimate of drug-likeness (QED) is 0.332. The second-order valence-electron chi connectivity index (χ2n) is 4.97. The Balaban J connectivity index is 2.25. The van der Waals surface area contributed by atoms with Crippen LogP contribution in [0.3, 0.4) is 0 Å². The van der Waals surface area contributed by atoms with Gasteiger partial charge in [-0.1, -0.05) is 42.8 Å². The third-order valence-corrected chi connectivity index (χ3v) is 3.38. The van der Waals surface area contributed by atoms with Crippen LogP contribution in [-0.2, 0) is 4.79 Å². The number of halogens is 1. The van der Waals surface area contributed by atoms with Gasteiger partial charge in [0.25, 0.3) is 0 Å². The number of nitrogens with zero attached hydrogens (tertiary/aromatic N) is 1. The van der Waals surface area contributed by atoms with Gasteiger partial charge in [-0.2, -0.15) is 5.26 Å². The standard InChI is InChI=1S/C19H16ClNO2/c1-2-4-19(22)23-18-6-3-5-14(12-18)11-16(13-21)15-7-9-17(20)10-8-15/h3,5-12H,2,4H2,1H3/b16-11-. The summed E-state index contributed by atoms with van der Waals surface area (Å²) in [7, 11) is 0. The van der Waals surface area contributed by atoms with Crippen molar-refractivity contribution in [2.75, 3.05) is 0 Å². The van der Waals surface area contributed by atoms with Crippen LogP contribution in [0.1, 0.15) is 30.9 Å². The monoisotopic (exact) mass is 325 g/mol. The summed E-state index contributed by atoms with van der Waals surface area (Å²) in [6, 6.07) is 16.3. The molecule has 0 amide bonds. The third-order valence-electron chi connectivity index (χ3n) is 3.13. The lowest BCUT2D eigenvalue weighted by Gasteiger charge is -2.05. The SMILES string of the molecule is CCCC(=O)Oc1cccc(/C=C(/C#N)c2ccc(Cl)cc2)c1. The number of carbonyl (C=O) groups is 1. The topological polar surface area (TPSA) is 50.1 Å². The first-order valence-electron chi connectivity index (χ1n) is 7.31. The molecular formula is C19H16ClNO2. The fourth-order valence-electron chi connectivity index (χ4n) is 2.03. The van der Waals surface area contributed by atoms with Crippen LogP contribution in [0.15, 0.2) is 48.5 Å². The Morgan fingerprint density at radius 3 is 2.65 bits per heavy atom. The lowest BCUT2D eigenvalue weighted by atomic mass is 10.0. The van der Waals surface area contributed by atoms with Crippen LogP contribution >= 0.6 is 11.6 Å². The minimum absolute atomic E-state index is 0.258.